The molecule has 1 N–H and O–H groups in total. The van der Waals surface area contributed by atoms with E-state index in [1.54, 1.807) is 0 Å². The summed E-state index contributed by atoms with van der Waals surface area (Å²) in [7, 11) is 0. The molecule has 3 heteroatoms. The van der Waals surface area contributed by atoms with E-state index in [1.807, 2.05) is 25.1 Å². The Bertz CT molecular complexity index is 476. The minimum atomic E-state index is -0.0101. The lowest BCUT2D eigenvalue weighted by Gasteiger charge is -2.09. The lowest BCUT2D eigenvalue weighted by atomic mass is 9.96. The first-order valence-corrected chi connectivity index (χ1v) is 5.82. The largest absolute Gasteiger partial charge is 0.391 e. The molecular weight excluding hydrogens is 214 g/mol. The molecule has 0 fully saturated rings. The first-order valence-electron chi connectivity index (χ1n) is 5.82. The molecule has 0 aliphatic heterocycles. The third kappa shape index (κ3) is 2.56. The molecule has 17 heavy (non-hydrogen) atoms. The third-order valence-electron chi connectivity index (χ3n) is 3.01. The maximum Gasteiger partial charge on any atom is 0.145 e. The molecule has 2 aromatic rings. The standard InChI is InChI=1S/C14H17NO2/c1-10(8-12-6-4-3-5-7-12)14-13(9-16)11(2)15-17-14/h3-7,10,16H,8-9H2,1-2H3. The van der Waals surface area contributed by atoms with Gasteiger partial charge in [-0.2, -0.15) is 0 Å². The number of nitrogens with zero attached hydrogens (tertiary/aromatic N) is 1. The van der Waals surface area contributed by atoms with Crippen LogP contribution in [0.2, 0.25) is 0 Å². The highest BCUT2D eigenvalue weighted by Gasteiger charge is 2.18. The molecule has 0 radical (unpaired) electrons. The minimum absolute atomic E-state index is 0.0101. The van der Waals surface area contributed by atoms with Crippen LogP contribution in [0.1, 0.15) is 35.4 Å². The van der Waals surface area contributed by atoms with Crippen molar-refractivity contribution in [2.24, 2.45) is 0 Å². The van der Waals surface area contributed by atoms with E-state index in [0.29, 0.717) is 0 Å². The molecule has 0 saturated heterocycles. The number of aliphatic hydroxyl groups excluding tert-OH is 1. The number of hydrogen-bond acceptors (Lipinski definition) is 3. The molecule has 3 nitrogen and oxygen atoms in total. The van der Waals surface area contributed by atoms with Gasteiger partial charge in [-0.15, -0.1) is 0 Å². The summed E-state index contributed by atoms with van der Waals surface area (Å²) in [6.45, 7) is 3.93. The van der Waals surface area contributed by atoms with Crippen LogP contribution in [0, 0.1) is 6.92 Å². The molecule has 0 spiro atoms. The van der Waals surface area contributed by atoms with Crippen molar-refractivity contribution in [1.82, 2.24) is 5.16 Å². The van der Waals surface area contributed by atoms with Gasteiger partial charge in [-0.3, -0.25) is 0 Å². The van der Waals surface area contributed by atoms with Crippen LogP contribution in [0.25, 0.3) is 0 Å². The Balaban J connectivity index is 2.17. The SMILES string of the molecule is Cc1noc(C(C)Cc2ccccc2)c1CO. The number of aliphatic hydroxyl groups is 1. The number of aryl methyl sites for hydroxylation is 1. The van der Waals surface area contributed by atoms with Crippen LogP contribution in [0.4, 0.5) is 0 Å². The van der Waals surface area contributed by atoms with Gasteiger partial charge in [0.1, 0.15) is 5.76 Å². The lowest BCUT2D eigenvalue weighted by molar-refractivity contribution is 0.274. The van der Waals surface area contributed by atoms with E-state index in [9.17, 15) is 5.11 Å². The van der Waals surface area contributed by atoms with E-state index in [1.165, 1.54) is 5.56 Å². The van der Waals surface area contributed by atoms with Crippen molar-refractivity contribution in [2.45, 2.75) is 32.8 Å². The highest BCUT2D eigenvalue weighted by atomic mass is 16.5. The van der Waals surface area contributed by atoms with Gasteiger partial charge in [0.2, 0.25) is 0 Å². The van der Waals surface area contributed by atoms with E-state index in [0.717, 1.165) is 23.4 Å². The van der Waals surface area contributed by atoms with Gasteiger partial charge >= 0.3 is 0 Å². The summed E-state index contributed by atoms with van der Waals surface area (Å²) in [5.74, 6) is 1.02. The Morgan fingerprint density at radius 2 is 2.00 bits per heavy atom. The molecule has 90 valence electrons. The molecule has 0 bridgehead atoms. The summed E-state index contributed by atoms with van der Waals surface area (Å²) in [5.41, 5.74) is 2.87. The second-order valence-corrected chi connectivity index (χ2v) is 4.36. The van der Waals surface area contributed by atoms with Gasteiger partial charge in [0.05, 0.1) is 12.3 Å². The van der Waals surface area contributed by atoms with Gasteiger partial charge in [-0.25, -0.2) is 0 Å². The average molecular weight is 231 g/mol. The highest BCUT2D eigenvalue weighted by Crippen LogP contribution is 2.25. The monoisotopic (exact) mass is 231 g/mol. The zero-order valence-electron chi connectivity index (χ0n) is 10.2. The van der Waals surface area contributed by atoms with Gasteiger partial charge in [-0.05, 0) is 18.9 Å². The molecular formula is C14H17NO2. The zero-order chi connectivity index (χ0) is 12.3. The van der Waals surface area contributed by atoms with Crippen LogP contribution < -0.4 is 0 Å². The fourth-order valence-corrected chi connectivity index (χ4v) is 2.05. The molecule has 1 unspecified atom stereocenters. The number of hydrogen-bond donors (Lipinski definition) is 1. The molecule has 0 aliphatic carbocycles. The summed E-state index contributed by atoms with van der Waals surface area (Å²) < 4.78 is 5.31. The molecule has 0 aliphatic rings. The second-order valence-electron chi connectivity index (χ2n) is 4.36. The topological polar surface area (TPSA) is 46.3 Å². The van der Waals surface area contributed by atoms with E-state index in [2.05, 4.69) is 24.2 Å². The molecule has 1 heterocycles. The average Bonchev–Trinajstić information content (AvgIpc) is 2.71. The Morgan fingerprint density at radius 1 is 1.29 bits per heavy atom. The van der Waals surface area contributed by atoms with Crippen LogP contribution in [-0.4, -0.2) is 10.3 Å². The van der Waals surface area contributed by atoms with Crippen molar-refractivity contribution in [3.8, 4) is 0 Å². The van der Waals surface area contributed by atoms with E-state index >= 15 is 0 Å². The fourth-order valence-electron chi connectivity index (χ4n) is 2.05. The van der Waals surface area contributed by atoms with Crippen molar-refractivity contribution in [3.05, 3.63) is 52.9 Å². The normalized spacial score (nSPS) is 12.6. The molecule has 0 saturated carbocycles. The van der Waals surface area contributed by atoms with Gasteiger partial charge in [-0.1, -0.05) is 42.4 Å². The molecule has 1 aromatic carbocycles. The lowest BCUT2D eigenvalue weighted by Crippen LogP contribution is -2.01. The predicted molar refractivity (Wildman–Crippen MR) is 65.7 cm³/mol. The Kier molecular flexibility index (Phi) is 3.59. The van der Waals surface area contributed by atoms with Gasteiger partial charge in [0.25, 0.3) is 0 Å². The molecule has 1 aromatic heterocycles. The predicted octanol–water partition coefficient (Wildman–Crippen LogP) is 2.82. The summed E-state index contributed by atoms with van der Waals surface area (Å²) in [5, 5.41) is 13.2. The maximum absolute atomic E-state index is 9.30. The van der Waals surface area contributed by atoms with Crippen molar-refractivity contribution in [2.75, 3.05) is 0 Å². The van der Waals surface area contributed by atoms with Crippen molar-refractivity contribution < 1.29 is 9.63 Å². The van der Waals surface area contributed by atoms with Crippen LogP contribution >= 0.6 is 0 Å². The van der Waals surface area contributed by atoms with Crippen molar-refractivity contribution in [3.63, 3.8) is 0 Å². The summed E-state index contributed by atoms with van der Waals surface area (Å²) >= 11 is 0. The van der Waals surface area contributed by atoms with Crippen LogP contribution in [0.3, 0.4) is 0 Å². The Hall–Kier alpha value is -1.61. The first kappa shape index (κ1) is 11.9. The Morgan fingerprint density at radius 3 is 2.65 bits per heavy atom. The van der Waals surface area contributed by atoms with Gasteiger partial charge in [0.15, 0.2) is 0 Å². The van der Waals surface area contributed by atoms with E-state index in [4.69, 9.17) is 4.52 Å². The summed E-state index contributed by atoms with van der Waals surface area (Å²) in [6, 6.07) is 10.3. The highest BCUT2D eigenvalue weighted by molar-refractivity contribution is 5.26. The summed E-state index contributed by atoms with van der Waals surface area (Å²) in [4.78, 5) is 0. The quantitative estimate of drug-likeness (QED) is 0.880. The molecule has 0 amide bonds. The van der Waals surface area contributed by atoms with Crippen molar-refractivity contribution in [1.29, 1.82) is 0 Å². The van der Waals surface area contributed by atoms with E-state index < -0.39 is 0 Å². The Labute approximate surface area is 101 Å². The maximum atomic E-state index is 9.30. The smallest absolute Gasteiger partial charge is 0.145 e. The second kappa shape index (κ2) is 5.15. The van der Waals surface area contributed by atoms with E-state index in [-0.39, 0.29) is 12.5 Å². The zero-order valence-corrected chi connectivity index (χ0v) is 10.2. The molecule has 2 rings (SSSR count). The van der Waals surface area contributed by atoms with Crippen LogP contribution in [0.5, 0.6) is 0 Å². The first-order chi connectivity index (χ1) is 8.22. The van der Waals surface area contributed by atoms with Gasteiger partial charge in [0, 0.05) is 11.5 Å². The third-order valence-corrected chi connectivity index (χ3v) is 3.01. The number of rotatable bonds is 4. The van der Waals surface area contributed by atoms with Crippen LogP contribution in [0.15, 0.2) is 34.9 Å². The van der Waals surface area contributed by atoms with Crippen molar-refractivity contribution >= 4 is 0 Å². The number of benzene rings is 1. The minimum Gasteiger partial charge on any atom is -0.391 e. The number of aromatic nitrogens is 1. The summed E-state index contributed by atoms with van der Waals surface area (Å²) in [6.07, 6.45) is 0.891. The molecule has 1 atom stereocenters. The van der Waals surface area contributed by atoms with Gasteiger partial charge < -0.3 is 9.63 Å². The fraction of sp³-hybridized carbons (Fsp3) is 0.357. The van der Waals surface area contributed by atoms with Crippen LogP contribution in [-0.2, 0) is 13.0 Å².